The molecule has 3 aromatic rings. The summed E-state index contributed by atoms with van der Waals surface area (Å²) in [5.74, 6) is 0. The van der Waals surface area contributed by atoms with Crippen LogP contribution in [0.2, 0.25) is 0 Å². The van der Waals surface area contributed by atoms with E-state index in [2.05, 4.69) is 22.0 Å². The molecule has 0 spiro atoms. The maximum absolute atomic E-state index is 14.9. The van der Waals surface area contributed by atoms with Crippen molar-refractivity contribution in [3.05, 3.63) is 59.8 Å². The van der Waals surface area contributed by atoms with Crippen LogP contribution in [0, 0.1) is 6.92 Å². The number of rotatable bonds is 7. The number of nitrogens with one attached hydrogen (secondary N) is 2. The summed E-state index contributed by atoms with van der Waals surface area (Å²) in [5, 5.41) is 8.84. The molecule has 36 heavy (non-hydrogen) atoms. The van der Waals surface area contributed by atoms with Gasteiger partial charge in [0.15, 0.2) is 0 Å². The first kappa shape index (κ1) is 27.1. The molecule has 0 bridgehead atoms. The normalized spacial score (nSPS) is 13.0. The molecular weight excluding hydrogens is 489 g/mol. The van der Waals surface area contributed by atoms with Gasteiger partial charge in [0, 0.05) is 47.2 Å². The largest absolute Gasteiger partial charge is 0.435 e. The van der Waals surface area contributed by atoms with E-state index < -0.39 is 23.6 Å². The first-order valence-electron chi connectivity index (χ1n) is 11.0. The number of fused-ring (bicyclic) bond motifs is 1. The maximum Gasteiger partial charge on any atom is 0.435 e. The lowest BCUT2D eigenvalue weighted by atomic mass is 9.90. The van der Waals surface area contributed by atoms with Crippen LogP contribution in [0.3, 0.4) is 0 Å². The second-order valence-electron chi connectivity index (χ2n) is 8.07. The van der Waals surface area contributed by atoms with Gasteiger partial charge in [-0.1, -0.05) is 19.6 Å². The van der Waals surface area contributed by atoms with Crippen molar-refractivity contribution in [1.29, 1.82) is 0 Å². The minimum Gasteiger partial charge on any atom is -0.386 e. The molecule has 0 aliphatic heterocycles. The average molecular weight is 514 g/mol. The van der Waals surface area contributed by atoms with Gasteiger partial charge in [0.2, 0.25) is 0 Å². The van der Waals surface area contributed by atoms with E-state index in [9.17, 15) is 30.7 Å². The quantitative estimate of drug-likeness (QED) is 0.191. The number of hydrogen-bond donors (Lipinski definition) is 2. The third kappa shape index (κ3) is 4.31. The lowest BCUT2D eigenvalue weighted by molar-refractivity contribution is -0.348. The number of anilines is 2. The van der Waals surface area contributed by atoms with Crippen LogP contribution < -0.4 is 10.3 Å². The number of aryl methyl sites for hydroxylation is 2. The van der Waals surface area contributed by atoms with Crippen molar-refractivity contribution >= 4 is 28.5 Å². The van der Waals surface area contributed by atoms with Gasteiger partial charge < -0.3 is 10.3 Å². The average Bonchev–Trinajstić information content (AvgIpc) is 3.16. The smallest absolute Gasteiger partial charge is 0.386 e. The Hall–Kier alpha value is -3.50. The Balaban J connectivity index is 2.27. The molecule has 0 aliphatic rings. The van der Waals surface area contributed by atoms with Gasteiger partial charge in [-0.2, -0.15) is 31.4 Å². The van der Waals surface area contributed by atoms with E-state index >= 15 is 0 Å². The minimum atomic E-state index is -6.19. The highest BCUT2D eigenvalue weighted by atomic mass is 19.4. The summed E-state index contributed by atoms with van der Waals surface area (Å²) in [7, 11) is 1.69. The van der Waals surface area contributed by atoms with E-state index in [4.69, 9.17) is 0 Å². The number of halogens is 7. The third-order valence-electron chi connectivity index (χ3n) is 6.02. The van der Waals surface area contributed by atoms with E-state index in [0.717, 1.165) is 0 Å². The molecule has 3 rings (SSSR count). The van der Waals surface area contributed by atoms with E-state index in [1.165, 1.54) is 11.2 Å². The Morgan fingerprint density at radius 3 is 2.19 bits per heavy atom. The van der Waals surface area contributed by atoms with Crippen molar-refractivity contribution in [1.82, 2.24) is 4.98 Å². The number of hydrogen-bond acceptors (Lipinski definition) is 3. The van der Waals surface area contributed by atoms with Crippen molar-refractivity contribution in [2.75, 3.05) is 17.4 Å². The van der Waals surface area contributed by atoms with E-state index in [0.29, 0.717) is 45.8 Å². The van der Waals surface area contributed by atoms with Crippen molar-refractivity contribution in [3.8, 4) is 11.3 Å². The fourth-order valence-electron chi connectivity index (χ4n) is 4.18. The predicted octanol–water partition coefficient (Wildman–Crippen LogP) is 7.99. The Morgan fingerprint density at radius 2 is 1.69 bits per heavy atom. The van der Waals surface area contributed by atoms with Crippen LogP contribution in [0.15, 0.2) is 48.2 Å². The van der Waals surface area contributed by atoms with Crippen LogP contribution in [0.1, 0.15) is 30.5 Å². The highest BCUT2D eigenvalue weighted by molar-refractivity contribution is 5.94. The standard InChI is InChI=1S/C25H25F7N4/c1-6-15-11-17(23(26,24(27,28)29)25(30,31)32)13-18-14(4)21(35-22(15)18)16-9-10-20(19(12-16)33-5)36(8-3)34-7-2/h7-13,33,35H,3,6H2,1-2,4-5H3/b34-7-. The summed E-state index contributed by atoms with van der Waals surface area (Å²) in [6.45, 7) is 8.59. The second-order valence-corrected chi connectivity index (χ2v) is 8.07. The molecule has 0 radical (unpaired) electrons. The van der Waals surface area contributed by atoms with Crippen molar-refractivity contribution in [2.24, 2.45) is 5.10 Å². The molecule has 2 aromatic carbocycles. The Morgan fingerprint density at radius 1 is 1.06 bits per heavy atom. The first-order chi connectivity index (χ1) is 16.7. The van der Waals surface area contributed by atoms with Crippen molar-refractivity contribution in [2.45, 2.75) is 45.2 Å². The summed E-state index contributed by atoms with van der Waals surface area (Å²) in [6, 6.07) is 6.50. The van der Waals surface area contributed by atoms with E-state index in [1.807, 2.05) is 0 Å². The molecule has 0 fully saturated rings. The zero-order chi connectivity index (χ0) is 27.1. The van der Waals surface area contributed by atoms with E-state index in [1.54, 1.807) is 52.2 Å². The van der Waals surface area contributed by atoms with Crippen LogP contribution in [-0.4, -0.2) is 30.6 Å². The van der Waals surface area contributed by atoms with Gasteiger partial charge in [0.05, 0.1) is 11.4 Å². The molecule has 1 aromatic heterocycles. The molecule has 11 heteroatoms. The molecule has 4 nitrogen and oxygen atoms in total. The zero-order valence-corrected chi connectivity index (χ0v) is 20.0. The maximum atomic E-state index is 14.9. The second kappa shape index (κ2) is 9.51. The molecule has 1 heterocycles. The summed E-state index contributed by atoms with van der Waals surface area (Å²) < 4.78 is 95.5. The van der Waals surface area contributed by atoms with Crippen LogP contribution in [0.4, 0.5) is 42.1 Å². The number of alkyl halides is 7. The van der Waals surface area contributed by atoms with Gasteiger partial charge in [-0.05, 0) is 55.7 Å². The number of nitrogens with zero attached hydrogens (tertiary/aromatic N) is 2. The van der Waals surface area contributed by atoms with Crippen LogP contribution in [0.5, 0.6) is 0 Å². The molecule has 194 valence electrons. The zero-order valence-electron chi connectivity index (χ0n) is 20.0. The highest BCUT2D eigenvalue weighted by Gasteiger charge is 2.73. The van der Waals surface area contributed by atoms with Gasteiger partial charge in [-0.15, -0.1) is 0 Å². The Kier molecular flexibility index (Phi) is 7.16. The van der Waals surface area contributed by atoms with Gasteiger partial charge in [0.1, 0.15) is 0 Å². The number of H-pyrrole nitrogens is 1. The fourth-order valence-corrected chi connectivity index (χ4v) is 4.18. The summed E-state index contributed by atoms with van der Waals surface area (Å²) in [5.41, 5.74) is -3.73. The Bertz CT molecular complexity index is 1290. The van der Waals surface area contributed by atoms with Crippen molar-refractivity contribution in [3.63, 3.8) is 0 Å². The molecule has 0 amide bonds. The number of benzene rings is 2. The van der Waals surface area contributed by atoms with Gasteiger partial charge in [-0.25, -0.2) is 9.40 Å². The molecule has 0 aliphatic carbocycles. The van der Waals surface area contributed by atoms with Crippen molar-refractivity contribution < 1.29 is 30.7 Å². The van der Waals surface area contributed by atoms with Crippen LogP contribution in [-0.2, 0) is 12.1 Å². The summed E-state index contributed by atoms with van der Waals surface area (Å²) >= 11 is 0. The molecular formula is C25H25F7N4. The number of aromatic amines is 1. The number of aromatic nitrogens is 1. The molecule has 2 N–H and O–H groups in total. The number of hydrazone groups is 1. The monoisotopic (exact) mass is 514 g/mol. The van der Waals surface area contributed by atoms with Gasteiger partial charge >= 0.3 is 18.0 Å². The van der Waals surface area contributed by atoms with E-state index in [-0.39, 0.29) is 17.4 Å². The minimum absolute atomic E-state index is 0.0771. The van der Waals surface area contributed by atoms with Gasteiger partial charge in [-0.3, -0.25) is 0 Å². The highest BCUT2D eigenvalue weighted by Crippen LogP contribution is 2.54. The molecule has 0 atom stereocenters. The topological polar surface area (TPSA) is 43.4 Å². The lowest BCUT2D eigenvalue weighted by Gasteiger charge is -2.30. The first-order valence-corrected chi connectivity index (χ1v) is 11.0. The summed E-state index contributed by atoms with van der Waals surface area (Å²) in [6.07, 6.45) is -9.21. The molecule has 0 saturated carbocycles. The lowest BCUT2D eigenvalue weighted by Crippen LogP contribution is -2.50. The fraction of sp³-hybridized carbons (Fsp3) is 0.320. The SMILES string of the molecule is C=CN(/N=C\C)c1ccc(-c2[nH]c3c(CC)cc(C(F)(C(F)(F)F)C(F)(F)F)cc3c2C)cc1NC. The van der Waals surface area contributed by atoms with Crippen LogP contribution >= 0.6 is 0 Å². The predicted molar refractivity (Wildman–Crippen MR) is 129 cm³/mol. The molecule has 0 saturated heterocycles. The summed E-state index contributed by atoms with van der Waals surface area (Å²) in [4.78, 5) is 3.12. The third-order valence-corrected chi connectivity index (χ3v) is 6.02. The molecule has 0 unspecified atom stereocenters. The van der Waals surface area contributed by atoms with Crippen LogP contribution in [0.25, 0.3) is 22.2 Å². The van der Waals surface area contributed by atoms with Gasteiger partial charge in [0.25, 0.3) is 0 Å². The Labute approximate surface area is 203 Å².